The number of alkyl halides is 1. The largest absolute Gasteiger partial charge is 0.362 e. The Morgan fingerprint density at radius 3 is 2.73 bits per heavy atom. The molecule has 0 bridgehead atoms. The summed E-state index contributed by atoms with van der Waals surface area (Å²) < 4.78 is 0. The highest BCUT2D eigenvalue weighted by Crippen LogP contribution is 2.21. The molecule has 0 saturated carbocycles. The Kier molecular flexibility index (Phi) is 5.40. The minimum Gasteiger partial charge on any atom is -0.362 e. The Balaban J connectivity index is 2.20. The van der Waals surface area contributed by atoms with Crippen molar-refractivity contribution in [1.82, 2.24) is 4.98 Å². The van der Waals surface area contributed by atoms with Crippen molar-refractivity contribution in [3.8, 4) is 0 Å². The van der Waals surface area contributed by atoms with E-state index in [1.54, 1.807) is 11.3 Å². The van der Waals surface area contributed by atoms with Crippen molar-refractivity contribution in [2.24, 2.45) is 5.92 Å². The first-order chi connectivity index (χ1) is 7.13. The van der Waals surface area contributed by atoms with E-state index in [1.807, 2.05) is 6.92 Å². The van der Waals surface area contributed by atoms with Crippen molar-refractivity contribution in [3.05, 3.63) is 10.6 Å². The number of halogens is 1. The Morgan fingerprint density at radius 2 is 2.20 bits per heavy atom. The summed E-state index contributed by atoms with van der Waals surface area (Å²) in [5.41, 5.74) is 1.14. The van der Waals surface area contributed by atoms with Crippen molar-refractivity contribution >= 4 is 28.1 Å². The van der Waals surface area contributed by atoms with Crippen molar-refractivity contribution < 1.29 is 0 Å². The molecule has 0 spiro atoms. The summed E-state index contributed by atoms with van der Waals surface area (Å²) in [4.78, 5) is 5.73. The van der Waals surface area contributed by atoms with Gasteiger partial charge in [-0.1, -0.05) is 6.92 Å². The molecule has 1 unspecified atom stereocenters. The average molecular weight is 247 g/mol. The molecular formula is C11H19ClN2S. The Bertz CT molecular complexity index is 279. The zero-order valence-corrected chi connectivity index (χ0v) is 11.2. The number of nitrogens with zero attached hydrogens (tertiary/aromatic N) is 1. The van der Waals surface area contributed by atoms with E-state index < -0.39 is 0 Å². The van der Waals surface area contributed by atoms with Gasteiger partial charge in [-0.15, -0.1) is 22.9 Å². The van der Waals surface area contributed by atoms with Gasteiger partial charge in [-0.3, -0.25) is 0 Å². The molecule has 1 aromatic rings. The quantitative estimate of drug-likeness (QED) is 0.610. The molecule has 0 amide bonds. The van der Waals surface area contributed by atoms with E-state index in [0.717, 1.165) is 29.7 Å². The summed E-state index contributed by atoms with van der Waals surface area (Å²) in [5, 5.41) is 4.40. The first-order valence-corrected chi connectivity index (χ1v) is 6.72. The lowest BCUT2D eigenvalue weighted by Gasteiger charge is -2.06. The maximum Gasteiger partial charge on any atom is 0.183 e. The number of aromatic nitrogens is 1. The molecule has 15 heavy (non-hydrogen) atoms. The number of thiazole rings is 1. The van der Waals surface area contributed by atoms with Gasteiger partial charge in [0.2, 0.25) is 0 Å². The van der Waals surface area contributed by atoms with Gasteiger partial charge in [0.25, 0.3) is 0 Å². The van der Waals surface area contributed by atoms with Crippen LogP contribution in [0.2, 0.25) is 0 Å². The van der Waals surface area contributed by atoms with Gasteiger partial charge in [0.05, 0.1) is 5.69 Å². The number of nitrogens with one attached hydrogen (secondary N) is 1. The third-order valence-electron chi connectivity index (χ3n) is 2.44. The topological polar surface area (TPSA) is 24.9 Å². The van der Waals surface area contributed by atoms with Gasteiger partial charge >= 0.3 is 0 Å². The van der Waals surface area contributed by atoms with E-state index in [0.29, 0.717) is 5.92 Å². The molecule has 1 N–H and O–H groups in total. The average Bonchev–Trinajstić information content (AvgIpc) is 2.53. The predicted octanol–water partition coefficient (Wildman–Crippen LogP) is 3.83. The molecule has 86 valence electrons. The first kappa shape index (κ1) is 12.8. The summed E-state index contributed by atoms with van der Waals surface area (Å²) in [6.45, 7) is 7.33. The molecule has 4 heteroatoms. The van der Waals surface area contributed by atoms with E-state index in [-0.39, 0.29) is 0 Å². The van der Waals surface area contributed by atoms with Crippen LogP contribution < -0.4 is 5.32 Å². The number of rotatable bonds is 6. The number of hydrogen-bond acceptors (Lipinski definition) is 3. The zero-order valence-electron chi connectivity index (χ0n) is 9.64. The summed E-state index contributed by atoms with van der Waals surface area (Å²) in [7, 11) is 0. The molecule has 0 saturated heterocycles. The van der Waals surface area contributed by atoms with Gasteiger partial charge in [-0.25, -0.2) is 4.98 Å². The van der Waals surface area contributed by atoms with Crippen LogP contribution in [0, 0.1) is 19.8 Å². The molecule has 0 fully saturated rings. The van der Waals surface area contributed by atoms with E-state index in [9.17, 15) is 0 Å². The van der Waals surface area contributed by atoms with Gasteiger partial charge < -0.3 is 5.32 Å². The predicted molar refractivity (Wildman–Crippen MR) is 69.2 cm³/mol. The molecule has 0 aromatic carbocycles. The maximum absolute atomic E-state index is 5.74. The molecule has 0 aliphatic heterocycles. The third kappa shape index (κ3) is 4.39. The zero-order chi connectivity index (χ0) is 11.3. The van der Waals surface area contributed by atoms with Gasteiger partial charge in [0, 0.05) is 17.3 Å². The van der Waals surface area contributed by atoms with Crippen LogP contribution in [0.25, 0.3) is 0 Å². The highest BCUT2D eigenvalue weighted by atomic mass is 35.5. The molecule has 0 aliphatic rings. The van der Waals surface area contributed by atoms with E-state index >= 15 is 0 Å². The fraction of sp³-hybridized carbons (Fsp3) is 0.727. The number of anilines is 1. The summed E-state index contributed by atoms with van der Waals surface area (Å²) >= 11 is 7.47. The minimum absolute atomic E-state index is 0.619. The Morgan fingerprint density at radius 1 is 1.47 bits per heavy atom. The van der Waals surface area contributed by atoms with Crippen LogP contribution in [-0.4, -0.2) is 17.4 Å². The van der Waals surface area contributed by atoms with Crippen LogP contribution in [-0.2, 0) is 0 Å². The smallest absolute Gasteiger partial charge is 0.183 e. The lowest BCUT2D eigenvalue weighted by atomic mass is 10.1. The lowest BCUT2D eigenvalue weighted by molar-refractivity contribution is 0.572. The molecular weight excluding hydrogens is 228 g/mol. The highest BCUT2D eigenvalue weighted by Gasteiger charge is 2.03. The Hall–Kier alpha value is -0.280. The maximum atomic E-state index is 5.74. The standard InChI is InChI=1S/C11H19ClN2S/c1-8(7-12)5-4-6-13-11-14-9(2)10(3)15-11/h8H,4-7H2,1-3H3,(H,13,14). The molecule has 1 rings (SSSR count). The van der Waals surface area contributed by atoms with Crippen LogP contribution in [0.5, 0.6) is 0 Å². The van der Waals surface area contributed by atoms with E-state index in [2.05, 4.69) is 24.1 Å². The molecule has 0 aliphatic carbocycles. The fourth-order valence-electron chi connectivity index (χ4n) is 1.27. The van der Waals surface area contributed by atoms with Gasteiger partial charge in [-0.2, -0.15) is 0 Å². The lowest BCUT2D eigenvalue weighted by Crippen LogP contribution is -2.04. The molecule has 1 heterocycles. The van der Waals surface area contributed by atoms with Crippen LogP contribution >= 0.6 is 22.9 Å². The summed E-state index contributed by atoms with van der Waals surface area (Å²) in [5.74, 6) is 1.38. The Labute approximate surface area is 101 Å². The normalized spacial score (nSPS) is 12.8. The summed E-state index contributed by atoms with van der Waals surface area (Å²) in [6, 6.07) is 0. The second kappa shape index (κ2) is 6.33. The number of aryl methyl sites for hydroxylation is 2. The fourth-order valence-corrected chi connectivity index (χ4v) is 2.27. The van der Waals surface area contributed by atoms with Crippen molar-refractivity contribution in [1.29, 1.82) is 0 Å². The van der Waals surface area contributed by atoms with Crippen molar-refractivity contribution in [3.63, 3.8) is 0 Å². The van der Waals surface area contributed by atoms with Gasteiger partial charge in [0.1, 0.15) is 0 Å². The SMILES string of the molecule is Cc1nc(NCCCC(C)CCl)sc1C. The second-order valence-electron chi connectivity index (χ2n) is 3.99. The van der Waals surface area contributed by atoms with Crippen molar-refractivity contribution in [2.75, 3.05) is 17.7 Å². The van der Waals surface area contributed by atoms with E-state index in [1.165, 1.54) is 11.3 Å². The number of hydrogen-bond donors (Lipinski definition) is 1. The van der Waals surface area contributed by atoms with Crippen molar-refractivity contribution in [2.45, 2.75) is 33.6 Å². The second-order valence-corrected chi connectivity index (χ2v) is 5.50. The highest BCUT2D eigenvalue weighted by molar-refractivity contribution is 7.15. The van der Waals surface area contributed by atoms with Gasteiger partial charge in [-0.05, 0) is 32.6 Å². The van der Waals surface area contributed by atoms with Gasteiger partial charge in [0.15, 0.2) is 5.13 Å². The van der Waals surface area contributed by atoms with Crippen LogP contribution in [0.3, 0.4) is 0 Å². The van der Waals surface area contributed by atoms with E-state index in [4.69, 9.17) is 11.6 Å². The summed E-state index contributed by atoms with van der Waals surface area (Å²) in [6.07, 6.45) is 2.34. The third-order valence-corrected chi connectivity index (χ3v) is 4.00. The van der Waals surface area contributed by atoms with Crippen LogP contribution in [0.15, 0.2) is 0 Å². The minimum atomic E-state index is 0.619. The molecule has 2 nitrogen and oxygen atoms in total. The molecule has 1 aromatic heterocycles. The van der Waals surface area contributed by atoms with Crippen LogP contribution in [0.1, 0.15) is 30.3 Å². The first-order valence-electron chi connectivity index (χ1n) is 5.37. The monoisotopic (exact) mass is 246 g/mol. The molecule has 1 atom stereocenters. The molecule has 0 radical (unpaired) electrons. The van der Waals surface area contributed by atoms with Crippen LogP contribution in [0.4, 0.5) is 5.13 Å².